The molecular formula is C14H16N6S. The Morgan fingerprint density at radius 1 is 1.38 bits per heavy atom. The molecular weight excluding hydrogens is 284 g/mol. The van der Waals surface area contributed by atoms with Crippen molar-refractivity contribution in [2.75, 3.05) is 18.4 Å². The number of fused-ring (bicyclic) bond motifs is 1. The highest BCUT2D eigenvalue weighted by atomic mass is 32.1. The van der Waals surface area contributed by atoms with E-state index < -0.39 is 0 Å². The van der Waals surface area contributed by atoms with Gasteiger partial charge in [0.15, 0.2) is 5.01 Å². The minimum Gasteiger partial charge on any atom is -0.380 e. The molecule has 4 rings (SSSR count). The molecule has 0 spiro atoms. The molecule has 1 unspecified atom stereocenters. The molecule has 1 atom stereocenters. The first kappa shape index (κ1) is 12.7. The molecule has 1 aliphatic rings. The van der Waals surface area contributed by atoms with Gasteiger partial charge in [0.05, 0.1) is 11.3 Å². The van der Waals surface area contributed by atoms with Gasteiger partial charge in [-0.3, -0.25) is 0 Å². The Bertz CT molecular complexity index is 729. The molecule has 0 amide bonds. The molecule has 0 aliphatic carbocycles. The molecule has 4 heterocycles. The third-order valence-corrected chi connectivity index (χ3v) is 4.55. The molecule has 21 heavy (non-hydrogen) atoms. The molecule has 3 aromatic rings. The largest absolute Gasteiger partial charge is 0.380 e. The molecule has 3 N–H and O–H groups in total. The van der Waals surface area contributed by atoms with Crippen LogP contribution in [0.1, 0.15) is 12.8 Å². The number of hydrogen-bond acceptors (Lipinski definition) is 6. The molecule has 108 valence electrons. The predicted molar refractivity (Wildman–Crippen MR) is 84.5 cm³/mol. The van der Waals surface area contributed by atoms with Crippen LogP contribution in [0.25, 0.3) is 21.6 Å². The molecule has 0 aromatic carbocycles. The molecule has 1 aliphatic heterocycles. The zero-order chi connectivity index (χ0) is 14.1. The van der Waals surface area contributed by atoms with E-state index in [9.17, 15) is 0 Å². The van der Waals surface area contributed by atoms with Crippen LogP contribution in [0.3, 0.4) is 0 Å². The maximum atomic E-state index is 4.48. The standard InChI is InChI=1S/C14H16N6S/c1-2-9(6-15-4-1)19-12-10-3-5-16-13(10)17-7-11(12)14-20-18-8-21-14/h3,5,7-9,15H,1-2,4,6H2,(H2,16,17,19). The van der Waals surface area contributed by atoms with Crippen LogP contribution in [0.4, 0.5) is 5.69 Å². The maximum Gasteiger partial charge on any atom is 0.151 e. The summed E-state index contributed by atoms with van der Waals surface area (Å²) in [5.74, 6) is 0. The highest BCUT2D eigenvalue weighted by Crippen LogP contribution is 2.34. The number of nitrogens with one attached hydrogen (secondary N) is 3. The number of hydrogen-bond donors (Lipinski definition) is 3. The van der Waals surface area contributed by atoms with Crippen LogP contribution in [-0.4, -0.2) is 39.3 Å². The highest BCUT2D eigenvalue weighted by Gasteiger charge is 2.18. The molecule has 7 heteroatoms. The van der Waals surface area contributed by atoms with Crippen molar-refractivity contribution in [2.45, 2.75) is 18.9 Å². The van der Waals surface area contributed by atoms with Crippen LogP contribution in [0.2, 0.25) is 0 Å². The van der Waals surface area contributed by atoms with Gasteiger partial charge in [-0.25, -0.2) is 4.98 Å². The second-order valence-electron chi connectivity index (χ2n) is 5.22. The average molecular weight is 300 g/mol. The first-order valence-electron chi connectivity index (χ1n) is 7.12. The Hall–Kier alpha value is -1.99. The summed E-state index contributed by atoms with van der Waals surface area (Å²) < 4.78 is 0. The maximum absolute atomic E-state index is 4.48. The van der Waals surface area contributed by atoms with E-state index in [0.717, 1.165) is 40.4 Å². The third kappa shape index (κ3) is 2.38. The molecule has 1 saturated heterocycles. The molecule has 3 aromatic heterocycles. The van der Waals surface area contributed by atoms with Crippen molar-refractivity contribution in [1.82, 2.24) is 25.5 Å². The van der Waals surface area contributed by atoms with E-state index in [4.69, 9.17) is 0 Å². The normalized spacial score (nSPS) is 19.0. The van der Waals surface area contributed by atoms with Gasteiger partial charge in [-0.2, -0.15) is 0 Å². The lowest BCUT2D eigenvalue weighted by Gasteiger charge is -2.26. The topological polar surface area (TPSA) is 78.5 Å². The van der Waals surface area contributed by atoms with Crippen molar-refractivity contribution < 1.29 is 0 Å². The summed E-state index contributed by atoms with van der Waals surface area (Å²) in [4.78, 5) is 7.65. The Morgan fingerprint density at radius 3 is 3.19 bits per heavy atom. The average Bonchev–Trinajstić information content (AvgIpc) is 3.20. The van der Waals surface area contributed by atoms with Crippen LogP contribution in [-0.2, 0) is 0 Å². The van der Waals surface area contributed by atoms with Gasteiger partial charge in [0.25, 0.3) is 0 Å². The van der Waals surface area contributed by atoms with E-state index in [1.807, 2.05) is 12.4 Å². The quantitative estimate of drug-likeness (QED) is 0.691. The summed E-state index contributed by atoms with van der Waals surface area (Å²) >= 11 is 1.54. The van der Waals surface area contributed by atoms with Gasteiger partial charge in [0.2, 0.25) is 0 Å². The second-order valence-corrected chi connectivity index (χ2v) is 6.05. The van der Waals surface area contributed by atoms with Gasteiger partial charge < -0.3 is 15.6 Å². The van der Waals surface area contributed by atoms with Crippen LogP contribution < -0.4 is 10.6 Å². The Morgan fingerprint density at radius 2 is 2.38 bits per heavy atom. The second kappa shape index (κ2) is 5.42. The lowest BCUT2D eigenvalue weighted by molar-refractivity contribution is 0.480. The lowest BCUT2D eigenvalue weighted by atomic mass is 10.1. The lowest BCUT2D eigenvalue weighted by Crippen LogP contribution is -2.38. The van der Waals surface area contributed by atoms with Crippen molar-refractivity contribution in [1.29, 1.82) is 0 Å². The smallest absolute Gasteiger partial charge is 0.151 e. The minimum atomic E-state index is 0.436. The summed E-state index contributed by atoms with van der Waals surface area (Å²) in [7, 11) is 0. The van der Waals surface area contributed by atoms with Crippen LogP contribution in [0.15, 0.2) is 24.0 Å². The predicted octanol–water partition coefficient (Wildman–Crippen LogP) is 2.25. The minimum absolute atomic E-state index is 0.436. The zero-order valence-electron chi connectivity index (χ0n) is 11.5. The van der Waals surface area contributed by atoms with E-state index in [-0.39, 0.29) is 0 Å². The number of H-pyrrole nitrogens is 1. The van der Waals surface area contributed by atoms with E-state index >= 15 is 0 Å². The molecule has 0 saturated carbocycles. The third-order valence-electron chi connectivity index (χ3n) is 3.82. The fraction of sp³-hybridized carbons (Fsp3) is 0.357. The number of pyridine rings is 1. The summed E-state index contributed by atoms with van der Waals surface area (Å²) in [5.41, 5.74) is 4.78. The van der Waals surface area contributed by atoms with Gasteiger partial charge in [0.1, 0.15) is 11.2 Å². The van der Waals surface area contributed by atoms with E-state index in [0.29, 0.717) is 6.04 Å². The zero-order valence-corrected chi connectivity index (χ0v) is 12.3. The van der Waals surface area contributed by atoms with Crippen molar-refractivity contribution in [3.63, 3.8) is 0 Å². The van der Waals surface area contributed by atoms with E-state index in [1.54, 1.807) is 5.51 Å². The molecule has 6 nitrogen and oxygen atoms in total. The summed E-state index contributed by atoms with van der Waals surface area (Å²) in [6.07, 6.45) is 6.17. The fourth-order valence-corrected chi connectivity index (χ4v) is 3.37. The van der Waals surface area contributed by atoms with Gasteiger partial charge in [-0.15, -0.1) is 10.2 Å². The van der Waals surface area contributed by atoms with Crippen molar-refractivity contribution in [3.05, 3.63) is 24.0 Å². The fourth-order valence-electron chi connectivity index (χ4n) is 2.80. The molecule has 0 radical (unpaired) electrons. The SMILES string of the molecule is c1cc2c(NC3CCCNC3)c(-c3nncs3)cnc2[nH]1. The Balaban J connectivity index is 1.79. The molecule has 1 fully saturated rings. The Kier molecular flexibility index (Phi) is 3.28. The summed E-state index contributed by atoms with van der Waals surface area (Å²) in [6.45, 7) is 2.10. The first-order valence-corrected chi connectivity index (χ1v) is 7.99. The van der Waals surface area contributed by atoms with Crippen LogP contribution in [0.5, 0.6) is 0 Å². The number of anilines is 1. The Labute approximate surface area is 126 Å². The number of piperidine rings is 1. The van der Waals surface area contributed by atoms with E-state index in [1.165, 1.54) is 24.2 Å². The van der Waals surface area contributed by atoms with Gasteiger partial charge in [-0.05, 0) is 25.5 Å². The van der Waals surface area contributed by atoms with Gasteiger partial charge in [0, 0.05) is 30.4 Å². The molecule has 0 bridgehead atoms. The first-order chi connectivity index (χ1) is 10.4. The summed E-state index contributed by atoms with van der Waals surface area (Å²) in [6, 6.07) is 2.50. The van der Waals surface area contributed by atoms with Crippen LogP contribution in [0, 0.1) is 0 Å². The summed E-state index contributed by atoms with van der Waals surface area (Å²) in [5, 5.41) is 17.3. The highest BCUT2D eigenvalue weighted by molar-refractivity contribution is 7.12. The van der Waals surface area contributed by atoms with Gasteiger partial charge in [-0.1, -0.05) is 11.3 Å². The number of aromatic nitrogens is 4. The van der Waals surface area contributed by atoms with Crippen LogP contribution >= 0.6 is 11.3 Å². The monoisotopic (exact) mass is 300 g/mol. The van der Waals surface area contributed by atoms with E-state index in [2.05, 4.69) is 36.9 Å². The van der Waals surface area contributed by atoms with Crippen molar-refractivity contribution in [3.8, 4) is 10.6 Å². The number of rotatable bonds is 3. The van der Waals surface area contributed by atoms with Crippen molar-refractivity contribution >= 4 is 28.1 Å². The van der Waals surface area contributed by atoms with Crippen molar-refractivity contribution in [2.24, 2.45) is 0 Å². The van der Waals surface area contributed by atoms with Gasteiger partial charge >= 0.3 is 0 Å². The number of aromatic amines is 1. The number of nitrogens with zero attached hydrogens (tertiary/aromatic N) is 3.